The second-order valence-electron chi connectivity index (χ2n) is 6.84. The number of hydrogen-bond donors (Lipinski definition) is 2. The van der Waals surface area contributed by atoms with Gasteiger partial charge in [-0.15, -0.1) is 24.8 Å². The number of ether oxygens (including phenoxy) is 2. The highest BCUT2D eigenvalue weighted by atomic mass is 35.5. The first-order valence-corrected chi connectivity index (χ1v) is 9.04. The van der Waals surface area contributed by atoms with E-state index in [1.165, 1.54) is 0 Å². The van der Waals surface area contributed by atoms with Gasteiger partial charge < -0.3 is 25.4 Å². The average Bonchev–Trinajstić information content (AvgIpc) is 2.64. The minimum Gasteiger partial charge on any atom is -0.494 e. The monoisotopic (exact) mass is 421 g/mol. The Bertz CT molecular complexity index is 523. The smallest absolute Gasteiger partial charge is 0.237 e. The standard InChI is InChI=1S/C19H31N3O3.2ClH/c1-22(2)10-3-11-25-17-6-4-15(5-7-17)14-21-19(23)18(20)16-8-12-24-13-9-16;;/h4-7,16,18H,3,8-14,20H2,1-2H3,(H,21,23);2*1H. The van der Waals surface area contributed by atoms with Crippen molar-refractivity contribution in [3.8, 4) is 5.75 Å². The molecule has 2 rings (SSSR count). The quantitative estimate of drug-likeness (QED) is 0.597. The van der Waals surface area contributed by atoms with Crippen LogP contribution in [0, 0.1) is 5.92 Å². The minimum atomic E-state index is -0.455. The van der Waals surface area contributed by atoms with Crippen LogP contribution >= 0.6 is 24.8 Å². The number of halogens is 2. The highest BCUT2D eigenvalue weighted by Gasteiger charge is 2.26. The lowest BCUT2D eigenvalue weighted by Crippen LogP contribution is -2.46. The summed E-state index contributed by atoms with van der Waals surface area (Å²) in [6.07, 6.45) is 2.71. The molecule has 3 N–H and O–H groups in total. The number of hydrogen-bond acceptors (Lipinski definition) is 5. The van der Waals surface area contributed by atoms with Crippen LogP contribution in [0.15, 0.2) is 24.3 Å². The van der Waals surface area contributed by atoms with Crippen LogP contribution in [-0.2, 0) is 16.1 Å². The molecule has 1 unspecified atom stereocenters. The minimum absolute atomic E-state index is 0. The highest BCUT2D eigenvalue weighted by molar-refractivity contribution is 5.85. The second kappa shape index (κ2) is 14.0. The molecule has 0 spiro atoms. The highest BCUT2D eigenvalue weighted by Crippen LogP contribution is 2.18. The molecule has 6 nitrogen and oxygen atoms in total. The number of carbonyl (C=O) groups is 1. The van der Waals surface area contributed by atoms with Crippen LogP contribution < -0.4 is 15.8 Å². The molecule has 27 heavy (non-hydrogen) atoms. The van der Waals surface area contributed by atoms with Crippen molar-refractivity contribution < 1.29 is 14.3 Å². The van der Waals surface area contributed by atoms with Crippen molar-refractivity contribution in [3.05, 3.63) is 29.8 Å². The topological polar surface area (TPSA) is 76.8 Å². The molecule has 1 heterocycles. The Balaban J connectivity index is 0.00000338. The van der Waals surface area contributed by atoms with E-state index in [2.05, 4.69) is 24.3 Å². The molecule has 0 aromatic heterocycles. The fraction of sp³-hybridized carbons (Fsp3) is 0.632. The summed E-state index contributed by atoms with van der Waals surface area (Å²) >= 11 is 0. The van der Waals surface area contributed by atoms with E-state index in [4.69, 9.17) is 15.2 Å². The lowest BCUT2D eigenvalue weighted by atomic mass is 9.92. The average molecular weight is 422 g/mol. The van der Waals surface area contributed by atoms with Gasteiger partial charge in [0.15, 0.2) is 0 Å². The molecule has 0 radical (unpaired) electrons. The molecule has 156 valence electrons. The molecule has 1 fully saturated rings. The second-order valence-corrected chi connectivity index (χ2v) is 6.84. The molecule has 0 aliphatic carbocycles. The van der Waals surface area contributed by atoms with Crippen molar-refractivity contribution in [3.63, 3.8) is 0 Å². The Kier molecular flexibility index (Phi) is 13.5. The predicted molar refractivity (Wildman–Crippen MR) is 113 cm³/mol. The first-order chi connectivity index (χ1) is 12.1. The Hall–Kier alpha value is -1.05. The van der Waals surface area contributed by atoms with Gasteiger partial charge in [-0.25, -0.2) is 0 Å². The number of nitrogens with two attached hydrogens (primary N) is 1. The summed E-state index contributed by atoms with van der Waals surface area (Å²) in [4.78, 5) is 14.3. The summed E-state index contributed by atoms with van der Waals surface area (Å²) in [5.41, 5.74) is 7.11. The molecule has 1 aliphatic heterocycles. The summed E-state index contributed by atoms with van der Waals surface area (Å²) in [6, 6.07) is 7.37. The maximum absolute atomic E-state index is 12.2. The lowest BCUT2D eigenvalue weighted by molar-refractivity contribution is -0.124. The fourth-order valence-electron chi connectivity index (χ4n) is 2.87. The van der Waals surface area contributed by atoms with E-state index in [0.29, 0.717) is 26.4 Å². The van der Waals surface area contributed by atoms with E-state index in [1.54, 1.807) is 0 Å². The van der Waals surface area contributed by atoms with E-state index in [0.717, 1.165) is 37.1 Å². The molecule has 1 atom stereocenters. The third kappa shape index (κ3) is 9.63. The van der Waals surface area contributed by atoms with Gasteiger partial charge in [-0.2, -0.15) is 0 Å². The van der Waals surface area contributed by atoms with E-state index in [1.807, 2.05) is 24.3 Å². The zero-order valence-electron chi connectivity index (χ0n) is 16.2. The SMILES string of the molecule is CN(C)CCCOc1ccc(CNC(=O)C(N)C2CCOCC2)cc1.Cl.Cl. The zero-order valence-corrected chi connectivity index (χ0v) is 17.8. The van der Waals surface area contributed by atoms with Crippen molar-refractivity contribution in [2.45, 2.75) is 31.8 Å². The normalized spacial score (nSPS) is 15.4. The summed E-state index contributed by atoms with van der Waals surface area (Å²) in [5.74, 6) is 0.982. The van der Waals surface area contributed by atoms with Crippen LogP contribution in [-0.4, -0.2) is 57.3 Å². The number of carbonyl (C=O) groups excluding carboxylic acids is 1. The number of rotatable bonds is 9. The molecule has 1 amide bonds. The van der Waals surface area contributed by atoms with Crippen molar-refractivity contribution in [2.75, 3.05) is 40.5 Å². The van der Waals surface area contributed by atoms with Crippen molar-refractivity contribution >= 4 is 30.7 Å². The van der Waals surface area contributed by atoms with E-state index in [9.17, 15) is 4.79 Å². The molecule has 8 heteroatoms. The van der Waals surface area contributed by atoms with Crippen molar-refractivity contribution in [1.82, 2.24) is 10.2 Å². The molecule has 0 saturated carbocycles. The van der Waals surface area contributed by atoms with Crippen molar-refractivity contribution in [2.24, 2.45) is 11.7 Å². The Morgan fingerprint density at radius 2 is 1.89 bits per heavy atom. The van der Waals surface area contributed by atoms with Gasteiger partial charge in [-0.3, -0.25) is 4.79 Å². The number of nitrogens with zero attached hydrogens (tertiary/aromatic N) is 1. The van der Waals surface area contributed by atoms with Crippen LogP contribution in [0.1, 0.15) is 24.8 Å². The molecule has 1 aromatic rings. The van der Waals surface area contributed by atoms with Crippen LogP contribution in [0.25, 0.3) is 0 Å². The molecule has 1 aliphatic rings. The Labute approximate surface area is 175 Å². The maximum atomic E-state index is 12.2. The van der Waals surface area contributed by atoms with Crippen molar-refractivity contribution in [1.29, 1.82) is 0 Å². The number of nitrogens with one attached hydrogen (secondary N) is 1. The zero-order chi connectivity index (χ0) is 18.1. The van der Waals surface area contributed by atoms with E-state index in [-0.39, 0.29) is 36.6 Å². The van der Waals surface area contributed by atoms with E-state index < -0.39 is 6.04 Å². The van der Waals surface area contributed by atoms with Crippen LogP contribution in [0.4, 0.5) is 0 Å². The van der Waals surface area contributed by atoms with Gasteiger partial charge in [0.1, 0.15) is 5.75 Å². The Morgan fingerprint density at radius 1 is 1.26 bits per heavy atom. The van der Waals surface area contributed by atoms with Gasteiger partial charge in [0, 0.05) is 26.3 Å². The lowest BCUT2D eigenvalue weighted by Gasteiger charge is -2.26. The van der Waals surface area contributed by atoms with Gasteiger partial charge in [0.25, 0.3) is 0 Å². The van der Waals surface area contributed by atoms with Gasteiger partial charge in [-0.05, 0) is 57.0 Å². The molecular formula is C19H33Cl2N3O3. The van der Waals surface area contributed by atoms with E-state index >= 15 is 0 Å². The summed E-state index contributed by atoms with van der Waals surface area (Å²) < 4.78 is 11.0. The molecule has 1 aromatic carbocycles. The first-order valence-electron chi connectivity index (χ1n) is 9.04. The summed E-state index contributed by atoms with van der Waals surface area (Å²) in [5, 5.41) is 2.93. The maximum Gasteiger partial charge on any atom is 0.237 e. The molecule has 1 saturated heterocycles. The van der Waals surface area contributed by atoms with Gasteiger partial charge in [0.2, 0.25) is 5.91 Å². The first kappa shape index (κ1) is 26.0. The fourth-order valence-corrected chi connectivity index (χ4v) is 2.87. The third-order valence-corrected chi connectivity index (χ3v) is 4.49. The summed E-state index contributed by atoms with van der Waals surface area (Å²) in [6.45, 7) is 3.59. The predicted octanol–water partition coefficient (Wildman–Crippen LogP) is 2.23. The molecular weight excluding hydrogens is 389 g/mol. The van der Waals surface area contributed by atoms with Gasteiger partial charge >= 0.3 is 0 Å². The summed E-state index contributed by atoms with van der Waals surface area (Å²) in [7, 11) is 4.11. The Morgan fingerprint density at radius 3 is 2.48 bits per heavy atom. The van der Waals surface area contributed by atoms with Crippen LogP contribution in [0.3, 0.4) is 0 Å². The largest absolute Gasteiger partial charge is 0.494 e. The number of benzene rings is 1. The van der Waals surface area contributed by atoms with Gasteiger partial charge in [-0.1, -0.05) is 12.1 Å². The molecule has 0 bridgehead atoms. The van der Waals surface area contributed by atoms with Crippen LogP contribution in [0.2, 0.25) is 0 Å². The van der Waals surface area contributed by atoms with Gasteiger partial charge in [0.05, 0.1) is 12.6 Å². The number of amides is 1. The third-order valence-electron chi connectivity index (χ3n) is 4.49. The van der Waals surface area contributed by atoms with Crippen LogP contribution in [0.5, 0.6) is 5.75 Å².